The standard InChI is InChI=1S/C8H17N/c1-5-7(2)6-8(3)9-4/h6-7,9H,5H2,1-4H3/b8-6-. The fourth-order valence-electron chi connectivity index (χ4n) is 0.628. The van der Waals surface area contributed by atoms with E-state index in [4.69, 9.17) is 0 Å². The normalized spacial score (nSPS) is 15.3. The monoisotopic (exact) mass is 127 g/mol. The maximum atomic E-state index is 3.09. The van der Waals surface area contributed by atoms with E-state index < -0.39 is 0 Å². The summed E-state index contributed by atoms with van der Waals surface area (Å²) in [7, 11) is 1.95. The van der Waals surface area contributed by atoms with Crippen LogP contribution < -0.4 is 5.32 Å². The SMILES string of the molecule is CCC(C)/C=C(/C)NC. The van der Waals surface area contributed by atoms with Gasteiger partial charge in [-0.1, -0.05) is 26.3 Å². The lowest BCUT2D eigenvalue weighted by Gasteiger charge is -2.03. The largest absolute Gasteiger partial charge is 0.392 e. The highest BCUT2D eigenvalue weighted by molar-refractivity contribution is 4.96. The minimum absolute atomic E-state index is 0.706. The summed E-state index contributed by atoms with van der Waals surface area (Å²) in [5, 5.41) is 3.09. The summed E-state index contributed by atoms with van der Waals surface area (Å²) in [6, 6.07) is 0. The van der Waals surface area contributed by atoms with E-state index in [1.54, 1.807) is 0 Å². The van der Waals surface area contributed by atoms with Crippen LogP contribution in [0.1, 0.15) is 27.2 Å². The molecule has 0 aliphatic carbocycles. The molecule has 0 aromatic carbocycles. The van der Waals surface area contributed by atoms with E-state index in [0.29, 0.717) is 5.92 Å². The molecule has 0 fully saturated rings. The van der Waals surface area contributed by atoms with Gasteiger partial charge < -0.3 is 5.32 Å². The van der Waals surface area contributed by atoms with Crippen LogP contribution in [0, 0.1) is 5.92 Å². The number of hydrogen-bond donors (Lipinski definition) is 1. The molecule has 0 aliphatic rings. The summed E-state index contributed by atoms with van der Waals surface area (Å²) in [5.74, 6) is 0.706. The quantitative estimate of drug-likeness (QED) is 0.612. The average Bonchev–Trinajstić information content (AvgIpc) is 1.87. The van der Waals surface area contributed by atoms with Crippen molar-refractivity contribution in [2.45, 2.75) is 27.2 Å². The Balaban J connectivity index is 3.64. The van der Waals surface area contributed by atoms with Crippen LogP contribution in [-0.4, -0.2) is 7.05 Å². The van der Waals surface area contributed by atoms with Gasteiger partial charge in [-0.15, -0.1) is 0 Å². The van der Waals surface area contributed by atoms with Gasteiger partial charge in [-0.25, -0.2) is 0 Å². The van der Waals surface area contributed by atoms with Gasteiger partial charge in [0.05, 0.1) is 0 Å². The van der Waals surface area contributed by atoms with Gasteiger partial charge in [-0.2, -0.15) is 0 Å². The molecular formula is C8H17N. The predicted octanol–water partition coefficient (Wildman–Crippen LogP) is 2.16. The Morgan fingerprint density at radius 1 is 1.67 bits per heavy atom. The van der Waals surface area contributed by atoms with Gasteiger partial charge in [-0.3, -0.25) is 0 Å². The molecule has 1 atom stereocenters. The second kappa shape index (κ2) is 4.42. The summed E-state index contributed by atoms with van der Waals surface area (Å²) < 4.78 is 0. The molecule has 0 bridgehead atoms. The van der Waals surface area contributed by atoms with Crippen LogP contribution in [0.3, 0.4) is 0 Å². The van der Waals surface area contributed by atoms with E-state index >= 15 is 0 Å². The molecule has 1 nitrogen and oxygen atoms in total. The van der Waals surface area contributed by atoms with Crippen molar-refractivity contribution in [1.82, 2.24) is 5.32 Å². The highest BCUT2D eigenvalue weighted by atomic mass is 14.8. The van der Waals surface area contributed by atoms with Crippen LogP contribution in [0.2, 0.25) is 0 Å². The van der Waals surface area contributed by atoms with Crippen LogP contribution in [0.25, 0.3) is 0 Å². The van der Waals surface area contributed by atoms with Crippen LogP contribution in [0.4, 0.5) is 0 Å². The van der Waals surface area contributed by atoms with E-state index in [1.165, 1.54) is 12.1 Å². The fourth-order valence-corrected chi connectivity index (χ4v) is 0.628. The van der Waals surface area contributed by atoms with Crippen LogP contribution in [0.15, 0.2) is 11.8 Å². The summed E-state index contributed by atoms with van der Waals surface area (Å²) in [6.07, 6.45) is 3.47. The van der Waals surface area contributed by atoms with Gasteiger partial charge in [0, 0.05) is 12.7 Å². The second-order valence-corrected chi connectivity index (χ2v) is 2.49. The lowest BCUT2D eigenvalue weighted by atomic mass is 10.1. The fraction of sp³-hybridized carbons (Fsp3) is 0.750. The first-order valence-electron chi connectivity index (χ1n) is 3.56. The van der Waals surface area contributed by atoms with Gasteiger partial charge in [-0.05, 0) is 12.8 Å². The van der Waals surface area contributed by atoms with Crippen molar-refractivity contribution in [3.05, 3.63) is 11.8 Å². The molecule has 9 heavy (non-hydrogen) atoms. The predicted molar refractivity (Wildman–Crippen MR) is 42.3 cm³/mol. The lowest BCUT2D eigenvalue weighted by molar-refractivity contribution is 0.686. The molecule has 0 heterocycles. The molecule has 0 rings (SSSR count). The molecule has 0 radical (unpaired) electrons. The third kappa shape index (κ3) is 4.07. The van der Waals surface area contributed by atoms with E-state index in [2.05, 4.69) is 32.2 Å². The molecule has 0 saturated carbocycles. The second-order valence-electron chi connectivity index (χ2n) is 2.49. The summed E-state index contributed by atoms with van der Waals surface area (Å²) in [5.41, 5.74) is 1.27. The van der Waals surface area contributed by atoms with Crippen LogP contribution >= 0.6 is 0 Å². The molecule has 0 amide bonds. The van der Waals surface area contributed by atoms with Crippen LogP contribution in [-0.2, 0) is 0 Å². The molecule has 0 aromatic heterocycles. The summed E-state index contributed by atoms with van der Waals surface area (Å²) >= 11 is 0. The number of nitrogens with one attached hydrogen (secondary N) is 1. The van der Waals surface area contributed by atoms with Crippen LogP contribution in [0.5, 0.6) is 0 Å². The average molecular weight is 127 g/mol. The van der Waals surface area contributed by atoms with E-state index in [1.807, 2.05) is 7.05 Å². The number of rotatable bonds is 3. The van der Waals surface area contributed by atoms with Crippen molar-refractivity contribution in [1.29, 1.82) is 0 Å². The van der Waals surface area contributed by atoms with Crippen molar-refractivity contribution in [2.24, 2.45) is 5.92 Å². The Kier molecular flexibility index (Phi) is 4.20. The van der Waals surface area contributed by atoms with Crippen molar-refractivity contribution < 1.29 is 0 Å². The van der Waals surface area contributed by atoms with Gasteiger partial charge >= 0.3 is 0 Å². The zero-order valence-electron chi connectivity index (χ0n) is 6.86. The topological polar surface area (TPSA) is 12.0 Å². The zero-order chi connectivity index (χ0) is 7.28. The molecule has 0 aliphatic heterocycles. The third-order valence-corrected chi connectivity index (χ3v) is 1.57. The van der Waals surface area contributed by atoms with Crippen molar-refractivity contribution in [3.8, 4) is 0 Å². The minimum atomic E-state index is 0.706. The number of allylic oxidation sites excluding steroid dienone is 2. The first kappa shape index (κ1) is 8.54. The van der Waals surface area contributed by atoms with Crippen molar-refractivity contribution in [2.75, 3.05) is 7.05 Å². The van der Waals surface area contributed by atoms with Crippen molar-refractivity contribution in [3.63, 3.8) is 0 Å². The van der Waals surface area contributed by atoms with Gasteiger partial charge in [0.25, 0.3) is 0 Å². The molecule has 0 aromatic rings. The first-order chi connectivity index (χ1) is 4.20. The van der Waals surface area contributed by atoms with Crippen molar-refractivity contribution >= 4 is 0 Å². The molecule has 1 unspecified atom stereocenters. The minimum Gasteiger partial charge on any atom is -0.392 e. The molecular weight excluding hydrogens is 110 g/mol. The molecule has 1 N–H and O–H groups in total. The molecule has 1 heteroatoms. The van der Waals surface area contributed by atoms with Gasteiger partial charge in [0.2, 0.25) is 0 Å². The highest BCUT2D eigenvalue weighted by Gasteiger charge is 1.91. The summed E-state index contributed by atoms with van der Waals surface area (Å²) in [4.78, 5) is 0. The van der Waals surface area contributed by atoms with E-state index in [0.717, 1.165) is 0 Å². The molecule has 54 valence electrons. The smallest absolute Gasteiger partial charge is 0.00346 e. The Labute approximate surface area is 58.2 Å². The van der Waals surface area contributed by atoms with E-state index in [-0.39, 0.29) is 0 Å². The van der Waals surface area contributed by atoms with E-state index in [9.17, 15) is 0 Å². The first-order valence-corrected chi connectivity index (χ1v) is 3.56. The Hall–Kier alpha value is -0.460. The maximum Gasteiger partial charge on any atom is 0.00346 e. The Bertz CT molecular complexity index is 94.7. The molecule has 0 spiro atoms. The number of hydrogen-bond acceptors (Lipinski definition) is 1. The summed E-state index contributed by atoms with van der Waals surface area (Å²) in [6.45, 7) is 6.51. The van der Waals surface area contributed by atoms with Gasteiger partial charge in [0.1, 0.15) is 0 Å². The van der Waals surface area contributed by atoms with Gasteiger partial charge in [0.15, 0.2) is 0 Å². The Morgan fingerprint density at radius 2 is 2.22 bits per heavy atom. The lowest BCUT2D eigenvalue weighted by Crippen LogP contribution is -2.03. The maximum absolute atomic E-state index is 3.09. The third-order valence-electron chi connectivity index (χ3n) is 1.57. The Morgan fingerprint density at radius 3 is 2.56 bits per heavy atom. The zero-order valence-corrected chi connectivity index (χ0v) is 6.86. The molecule has 0 saturated heterocycles. The highest BCUT2D eigenvalue weighted by Crippen LogP contribution is 2.03.